The van der Waals surface area contributed by atoms with E-state index in [0.717, 1.165) is 0 Å². The second-order valence-electron chi connectivity index (χ2n) is 4.27. The maximum Gasteiger partial charge on any atom is 0.332 e. The van der Waals surface area contributed by atoms with Gasteiger partial charge in [0.1, 0.15) is 11.4 Å². The average molecular weight is 292 g/mol. The molecule has 8 heteroatoms. The maximum absolute atomic E-state index is 11.4. The number of ether oxygens (including phenoxy) is 1. The molecule has 0 aliphatic heterocycles. The zero-order chi connectivity index (χ0) is 15.2. The van der Waals surface area contributed by atoms with Crippen molar-refractivity contribution in [3.05, 3.63) is 36.2 Å². The summed E-state index contributed by atoms with van der Waals surface area (Å²) in [5.74, 6) is -0.386. The zero-order valence-electron chi connectivity index (χ0n) is 11.4. The van der Waals surface area contributed by atoms with Gasteiger partial charge in [-0.3, -0.25) is 0 Å². The lowest BCUT2D eigenvalue weighted by atomic mass is 10.2. The first-order valence-electron chi connectivity index (χ1n) is 6.28. The van der Waals surface area contributed by atoms with Crippen LogP contribution in [-0.2, 0) is 11.3 Å². The van der Waals surface area contributed by atoms with Gasteiger partial charge in [-0.05, 0) is 24.3 Å². The molecule has 0 aliphatic carbocycles. The lowest BCUT2D eigenvalue weighted by Gasteiger charge is -2.13. The second kappa shape index (κ2) is 6.71. The molecule has 1 heterocycles. The smallest absolute Gasteiger partial charge is 0.332 e. The molecule has 0 amide bonds. The van der Waals surface area contributed by atoms with Crippen molar-refractivity contribution in [1.29, 1.82) is 0 Å². The van der Waals surface area contributed by atoms with Crippen molar-refractivity contribution in [2.24, 2.45) is 0 Å². The van der Waals surface area contributed by atoms with Crippen molar-refractivity contribution in [3.63, 3.8) is 0 Å². The second-order valence-corrected chi connectivity index (χ2v) is 4.27. The Morgan fingerprint density at radius 1 is 1.43 bits per heavy atom. The summed E-state index contributed by atoms with van der Waals surface area (Å²) in [6.45, 7) is 0.175. The number of hydrogen-bond donors (Lipinski definition) is 3. The SMILES string of the molecule is COc1ccc(NC(C(=O)O)c2cn(CCO)nn2)cc1. The van der Waals surface area contributed by atoms with Crippen LogP contribution in [0.25, 0.3) is 0 Å². The van der Waals surface area contributed by atoms with E-state index in [0.29, 0.717) is 11.4 Å². The zero-order valence-corrected chi connectivity index (χ0v) is 11.4. The summed E-state index contributed by atoms with van der Waals surface area (Å²) >= 11 is 0. The predicted molar refractivity (Wildman–Crippen MR) is 74.1 cm³/mol. The number of aromatic nitrogens is 3. The van der Waals surface area contributed by atoms with Gasteiger partial charge in [0.25, 0.3) is 0 Å². The molecule has 2 rings (SSSR count). The van der Waals surface area contributed by atoms with Crippen molar-refractivity contribution in [1.82, 2.24) is 15.0 Å². The first kappa shape index (κ1) is 14.8. The molecule has 1 aromatic carbocycles. The molecule has 21 heavy (non-hydrogen) atoms. The Morgan fingerprint density at radius 2 is 2.14 bits per heavy atom. The predicted octanol–water partition coefficient (Wildman–Crippen LogP) is 0.517. The molecule has 0 saturated heterocycles. The molecule has 0 aliphatic rings. The fraction of sp³-hybridized carbons (Fsp3) is 0.308. The number of methoxy groups -OCH3 is 1. The number of carboxylic acid groups (broad SMARTS) is 1. The summed E-state index contributed by atoms with van der Waals surface area (Å²) < 4.78 is 6.43. The van der Waals surface area contributed by atoms with Crippen molar-refractivity contribution in [2.45, 2.75) is 12.6 Å². The minimum atomic E-state index is -1.07. The van der Waals surface area contributed by atoms with Crippen LogP contribution in [-0.4, -0.2) is 44.9 Å². The number of nitrogens with one attached hydrogen (secondary N) is 1. The summed E-state index contributed by atoms with van der Waals surface area (Å²) in [6, 6.07) is 5.86. The molecule has 3 N–H and O–H groups in total. The minimum absolute atomic E-state index is 0.0908. The van der Waals surface area contributed by atoms with Gasteiger partial charge in [0.2, 0.25) is 0 Å². The molecule has 0 bridgehead atoms. The van der Waals surface area contributed by atoms with Gasteiger partial charge in [0, 0.05) is 5.69 Å². The van der Waals surface area contributed by atoms with E-state index in [9.17, 15) is 9.90 Å². The summed E-state index contributed by atoms with van der Waals surface area (Å²) in [4.78, 5) is 11.4. The van der Waals surface area contributed by atoms with E-state index >= 15 is 0 Å². The van der Waals surface area contributed by atoms with Gasteiger partial charge < -0.3 is 20.3 Å². The van der Waals surface area contributed by atoms with Gasteiger partial charge in [-0.2, -0.15) is 0 Å². The molecule has 1 aromatic heterocycles. The third-order valence-electron chi connectivity index (χ3n) is 2.83. The summed E-state index contributed by atoms with van der Waals surface area (Å²) in [5, 5.41) is 28.6. The van der Waals surface area contributed by atoms with Gasteiger partial charge in [-0.1, -0.05) is 5.21 Å². The maximum atomic E-state index is 11.4. The Morgan fingerprint density at radius 3 is 2.71 bits per heavy atom. The van der Waals surface area contributed by atoms with Crippen LogP contribution in [0.5, 0.6) is 5.75 Å². The molecule has 0 radical (unpaired) electrons. The van der Waals surface area contributed by atoms with E-state index < -0.39 is 12.0 Å². The van der Waals surface area contributed by atoms with Crippen LogP contribution in [0.1, 0.15) is 11.7 Å². The van der Waals surface area contributed by atoms with Gasteiger partial charge >= 0.3 is 5.97 Å². The van der Waals surface area contributed by atoms with Crippen LogP contribution in [0.4, 0.5) is 5.69 Å². The average Bonchev–Trinajstić information content (AvgIpc) is 2.93. The minimum Gasteiger partial charge on any atom is -0.497 e. The van der Waals surface area contributed by atoms with E-state index in [1.165, 1.54) is 10.9 Å². The van der Waals surface area contributed by atoms with Crippen LogP contribution < -0.4 is 10.1 Å². The van der Waals surface area contributed by atoms with E-state index in [-0.39, 0.29) is 18.8 Å². The molecule has 0 saturated carbocycles. The van der Waals surface area contributed by atoms with Gasteiger partial charge in [0.15, 0.2) is 6.04 Å². The standard InChI is InChI=1S/C13H16N4O4/c1-21-10-4-2-9(3-5-10)14-12(13(19)20)11-8-17(6-7-18)16-15-11/h2-5,8,12,14,18H,6-7H2,1H3,(H,19,20). The Balaban J connectivity index is 2.15. The molecule has 112 valence electrons. The third-order valence-corrected chi connectivity index (χ3v) is 2.83. The van der Waals surface area contributed by atoms with E-state index in [2.05, 4.69) is 15.6 Å². The molecule has 0 spiro atoms. The lowest BCUT2D eigenvalue weighted by Crippen LogP contribution is -2.21. The lowest BCUT2D eigenvalue weighted by molar-refractivity contribution is -0.138. The van der Waals surface area contributed by atoms with Gasteiger partial charge in [0.05, 0.1) is 26.5 Å². The number of rotatable bonds is 7. The first-order valence-corrected chi connectivity index (χ1v) is 6.28. The molecular weight excluding hydrogens is 276 g/mol. The fourth-order valence-corrected chi connectivity index (χ4v) is 1.77. The van der Waals surface area contributed by atoms with Crippen molar-refractivity contribution < 1.29 is 19.7 Å². The number of carbonyl (C=O) groups is 1. The van der Waals surface area contributed by atoms with Crippen LogP contribution in [0.3, 0.4) is 0 Å². The third kappa shape index (κ3) is 3.69. The number of aliphatic carboxylic acids is 1. The first-order chi connectivity index (χ1) is 10.1. The van der Waals surface area contributed by atoms with E-state index in [1.807, 2.05) is 0 Å². The number of benzene rings is 1. The molecule has 8 nitrogen and oxygen atoms in total. The topological polar surface area (TPSA) is 110 Å². The highest BCUT2D eigenvalue weighted by Gasteiger charge is 2.23. The Hall–Kier alpha value is -2.61. The van der Waals surface area contributed by atoms with Crippen LogP contribution >= 0.6 is 0 Å². The molecule has 2 aromatic rings. The molecule has 0 fully saturated rings. The normalized spacial score (nSPS) is 11.9. The number of anilines is 1. The van der Waals surface area contributed by atoms with Gasteiger partial charge in [-0.25, -0.2) is 9.48 Å². The van der Waals surface area contributed by atoms with Crippen LogP contribution in [0.15, 0.2) is 30.5 Å². The summed E-state index contributed by atoms with van der Waals surface area (Å²) in [5.41, 5.74) is 0.895. The number of nitrogens with zero attached hydrogens (tertiary/aromatic N) is 3. The molecule has 1 unspecified atom stereocenters. The molecule has 1 atom stereocenters. The van der Waals surface area contributed by atoms with Crippen molar-refractivity contribution in [2.75, 3.05) is 19.0 Å². The fourth-order valence-electron chi connectivity index (χ4n) is 1.77. The molecular formula is C13H16N4O4. The quantitative estimate of drug-likeness (QED) is 0.682. The summed E-state index contributed by atoms with van der Waals surface area (Å²) in [7, 11) is 1.56. The number of carboxylic acids is 1. The van der Waals surface area contributed by atoms with Gasteiger partial charge in [-0.15, -0.1) is 5.10 Å². The van der Waals surface area contributed by atoms with E-state index in [1.54, 1.807) is 31.4 Å². The highest BCUT2D eigenvalue weighted by molar-refractivity contribution is 5.78. The van der Waals surface area contributed by atoms with Crippen molar-refractivity contribution >= 4 is 11.7 Å². The highest BCUT2D eigenvalue weighted by Crippen LogP contribution is 2.20. The van der Waals surface area contributed by atoms with Crippen LogP contribution in [0.2, 0.25) is 0 Å². The van der Waals surface area contributed by atoms with Crippen molar-refractivity contribution in [3.8, 4) is 5.75 Å². The Kier molecular flexibility index (Phi) is 4.72. The summed E-state index contributed by atoms with van der Waals surface area (Å²) in [6.07, 6.45) is 1.49. The Bertz CT molecular complexity index is 596. The Labute approximate surface area is 121 Å². The number of aliphatic hydroxyl groups is 1. The largest absolute Gasteiger partial charge is 0.497 e. The number of aliphatic hydroxyl groups excluding tert-OH is 1. The monoisotopic (exact) mass is 292 g/mol. The van der Waals surface area contributed by atoms with Crippen LogP contribution in [0, 0.1) is 0 Å². The number of hydrogen-bond acceptors (Lipinski definition) is 6. The highest BCUT2D eigenvalue weighted by atomic mass is 16.5. The van der Waals surface area contributed by atoms with E-state index in [4.69, 9.17) is 9.84 Å².